The van der Waals surface area contributed by atoms with Crippen LogP contribution in [-0.2, 0) is 10.0 Å². The monoisotopic (exact) mass is 365 g/mol. The summed E-state index contributed by atoms with van der Waals surface area (Å²) in [6, 6.07) is 9.22. The van der Waals surface area contributed by atoms with E-state index in [2.05, 4.69) is 10.0 Å². The number of halogens is 1. The molecule has 0 radical (unpaired) electrons. The number of nitrogen functional groups attached to an aromatic ring is 1. The van der Waals surface area contributed by atoms with Crippen molar-refractivity contribution in [3.8, 4) is 0 Å². The number of hydrogen-bond acceptors (Lipinski definition) is 4. The third kappa shape index (κ3) is 5.27. The van der Waals surface area contributed by atoms with Gasteiger partial charge in [-0.2, -0.15) is 0 Å². The van der Waals surface area contributed by atoms with E-state index in [-0.39, 0.29) is 21.8 Å². The molecule has 0 aliphatic heterocycles. The molecule has 8 heteroatoms. The van der Waals surface area contributed by atoms with Gasteiger partial charge in [0.15, 0.2) is 0 Å². The van der Waals surface area contributed by atoms with Gasteiger partial charge < -0.3 is 11.1 Å². The van der Waals surface area contributed by atoms with Gasteiger partial charge in [-0.05, 0) is 57.2 Å². The summed E-state index contributed by atoms with van der Waals surface area (Å²) in [5.41, 5.74) is 5.49. The first kappa shape index (κ1) is 18.9. The van der Waals surface area contributed by atoms with Crippen LogP contribution in [-0.4, -0.2) is 19.9 Å². The maximum atomic E-state index is 13.2. The van der Waals surface area contributed by atoms with Crippen LogP contribution < -0.4 is 15.8 Å². The lowest BCUT2D eigenvalue weighted by atomic mass is 10.1. The second-order valence-electron chi connectivity index (χ2n) is 6.61. The number of hydrogen-bond donors (Lipinski definition) is 3. The lowest BCUT2D eigenvalue weighted by Crippen LogP contribution is -2.40. The molecule has 1 amide bonds. The van der Waals surface area contributed by atoms with E-state index in [0.29, 0.717) is 0 Å². The van der Waals surface area contributed by atoms with E-state index in [4.69, 9.17) is 5.73 Å². The standard InChI is InChI=1S/C17H20FN3O3S/c1-17(2,3)21-25(23,24)15-8-11(7-13(19)10-15)16(22)20-14-6-4-5-12(18)9-14/h4-10,21H,19H2,1-3H3,(H,20,22). The summed E-state index contributed by atoms with van der Waals surface area (Å²) in [5, 5.41) is 2.50. The van der Waals surface area contributed by atoms with Crippen molar-refractivity contribution in [3.63, 3.8) is 0 Å². The van der Waals surface area contributed by atoms with E-state index in [1.807, 2.05) is 0 Å². The highest BCUT2D eigenvalue weighted by Gasteiger charge is 2.23. The molecule has 6 nitrogen and oxygen atoms in total. The fourth-order valence-corrected chi connectivity index (χ4v) is 3.64. The molecule has 0 aromatic heterocycles. The summed E-state index contributed by atoms with van der Waals surface area (Å²) >= 11 is 0. The largest absolute Gasteiger partial charge is 0.399 e. The molecule has 4 N–H and O–H groups in total. The first-order valence-electron chi connectivity index (χ1n) is 7.48. The van der Waals surface area contributed by atoms with Crippen molar-refractivity contribution < 1.29 is 17.6 Å². The van der Waals surface area contributed by atoms with Crippen LogP contribution in [0.5, 0.6) is 0 Å². The van der Waals surface area contributed by atoms with Crippen LogP contribution in [0.3, 0.4) is 0 Å². The zero-order chi connectivity index (χ0) is 18.8. The number of carbonyl (C=O) groups is 1. The van der Waals surface area contributed by atoms with Gasteiger partial charge in [0.1, 0.15) is 5.82 Å². The minimum Gasteiger partial charge on any atom is -0.399 e. The molecular formula is C17H20FN3O3S. The minimum atomic E-state index is -3.85. The van der Waals surface area contributed by atoms with E-state index >= 15 is 0 Å². The van der Waals surface area contributed by atoms with E-state index in [0.717, 1.165) is 6.07 Å². The molecule has 0 spiro atoms. The van der Waals surface area contributed by atoms with E-state index in [1.54, 1.807) is 20.8 Å². The highest BCUT2D eigenvalue weighted by molar-refractivity contribution is 7.89. The number of nitrogens with two attached hydrogens (primary N) is 1. The van der Waals surface area contributed by atoms with Crippen molar-refractivity contribution in [2.45, 2.75) is 31.2 Å². The van der Waals surface area contributed by atoms with E-state index < -0.39 is 27.3 Å². The average Bonchev–Trinajstić information content (AvgIpc) is 2.44. The Kier molecular flexibility index (Phi) is 5.15. The number of benzene rings is 2. The van der Waals surface area contributed by atoms with E-state index in [1.165, 1.54) is 36.4 Å². The van der Waals surface area contributed by atoms with Gasteiger partial charge >= 0.3 is 0 Å². The van der Waals surface area contributed by atoms with Gasteiger partial charge in [0.2, 0.25) is 10.0 Å². The van der Waals surface area contributed by atoms with Crippen LogP contribution in [0.15, 0.2) is 47.4 Å². The molecule has 25 heavy (non-hydrogen) atoms. The summed E-state index contributed by atoms with van der Waals surface area (Å²) in [5.74, 6) is -1.09. The molecule has 2 aromatic carbocycles. The van der Waals surface area contributed by atoms with Crippen LogP contribution >= 0.6 is 0 Å². The molecule has 0 aliphatic carbocycles. The molecule has 134 valence electrons. The number of anilines is 2. The first-order chi connectivity index (χ1) is 11.5. The minimum absolute atomic E-state index is 0.0542. The Morgan fingerprint density at radius 2 is 1.80 bits per heavy atom. The number of sulfonamides is 1. The predicted octanol–water partition coefficient (Wildman–Crippen LogP) is 2.74. The fourth-order valence-electron chi connectivity index (χ4n) is 2.14. The summed E-state index contributed by atoms with van der Waals surface area (Å²) in [6.07, 6.45) is 0. The molecule has 0 heterocycles. The van der Waals surface area contributed by atoms with Crippen LogP contribution in [0.4, 0.5) is 15.8 Å². The third-order valence-electron chi connectivity index (χ3n) is 3.02. The Balaban J connectivity index is 2.34. The second kappa shape index (κ2) is 6.81. The molecular weight excluding hydrogens is 345 g/mol. The number of rotatable bonds is 4. The number of amides is 1. The van der Waals surface area contributed by atoms with Gasteiger partial charge in [0.05, 0.1) is 4.90 Å². The van der Waals surface area contributed by atoms with Gasteiger partial charge in [-0.1, -0.05) is 6.07 Å². The van der Waals surface area contributed by atoms with Crippen molar-refractivity contribution in [1.82, 2.24) is 4.72 Å². The summed E-state index contributed by atoms with van der Waals surface area (Å²) in [7, 11) is -3.85. The first-order valence-corrected chi connectivity index (χ1v) is 8.96. The van der Waals surface area contributed by atoms with E-state index in [9.17, 15) is 17.6 Å². The Bertz CT molecular complexity index is 906. The highest BCUT2D eigenvalue weighted by atomic mass is 32.2. The molecule has 0 unspecified atom stereocenters. The van der Waals surface area contributed by atoms with Crippen LogP contribution in [0, 0.1) is 5.82 Å². The quantitative estimate of drug-likeness (QED) is 0.725. The van der Waals surface area contributed by atoms with Crippen LogP contribution in [0.2, 0.25) is 0 Å². The Labute approximate surface area is 146 Å². The van der Waals surface area contributed by atoms with Gasteiger partial charge in [-0.25, -0.2) is 17.5 Å². The van der Waals surface area contributed by atoms with Crippen LogP contribution in [0.1, 0.15) is 31.1 Å². The molecule has 0 bridgehead atoms. The normalized spacial score (nSPS) is 12.0. The Hall–Kier alpha value is -2.45. The maximum Gasteiger partial charge on any atom is 0.255 e. The second-order valence-corrected chi connectivity index (χ2v) is 8.29. The third-order valence-corrected chi connectivity index (χ3v) is 4.76. The molecule has 0 atom stereocenters. The molecule has 2 aromatic rings. The zero-order valence-corrected chi connectivity index (χ0v) is 14.9. The fraction of sp³-hybridized carbons (Fsp3) is 0.235. The number of carbonyl (C=O) groups excluding carboxylic acids is 1. The molecule has 0 aliphatic rings. The van der Waals surface area contributed by atoms with Gasteiger partial charge in [-0.15, -0.1) is 0 Å². The Morgan fingerprint density at radius 1 is 1.12 bits per heavy atom. The molecule has 2 rings (SSSR count). The number of nitrogens with one attached hydrogen (secondary N) is 2. The lowest BCUT2D eigenvalue weighted by molar-refractivity contribution is 0.102. The summed E-state index contributed by atoms with van der Waals surface area (Å²) in [4.78, 5) is 12.2. The highest BCUT2D eigenvalue weighted by Crippen LogP contribution is 2.20. The molecule has 0 saturated heterocycles. The maximum absolute atomic E-state index is 13.2. The predicted molar refractivity (Wildman–Crippen MR) is 95.3 cm³/mol. The summed E-state index contributed by atoms with van der Waals surface area (Å²) < 4.78 is 40.6. The Morgan fingerprint density at radius 3 is 2.40 bits per heavy atom. The SMILES string of the molecule is CC(C)(C)NS(=O)(=O)c1cc(N)cc(C(=O)Nc2cccc(F)c2)c1. The summed E-state index contributed by atoms with van der Waals surface area (Å²) in [6.45, 7) is 5.11. The van der Waals surface area contributed by atoms with Gasteiger partial charge in [0, 0.05) is 22.5 Å². The lowest BCUT2D eigenvalue weighted by Gasteiger charge is -2.20. The van der Waals surface area contributed by atoms with Crippen LogP contribution in [0.25, 0.3) is 0 Å². The average molecular weight is 365 g/mol. The van der Waals surface area contributed by atoms with Crippen molar-refractivity contribution in [3.05, 3.63) is 53.8 Å². The van der Waals surface area contributed by atoms with Crippen molar-refractivity contribution >= 4 is 27.3 Å². The van der Waals surface area contributed by atoms with Crippen molar-refractivity contribution in [2.75, 3.05) is 11.1 Å². The molecule has 0 fully saturated rings. The smallest absolute Gasteiger partial charge is 0.255 e. The topological polar surface area (TPSA) is 101 Å². The zero-order valence-electron chi connectivity index (χ0n) is 14.1. The van der Waals surface area contributed by atoms with Gasteiger partial charge in [-0.3, -0.25) is 4.79 Å². The molecule has 0 saturated carbocycles. The van der Waals surface area contributed by atoms with Crippen molar-refractivity contribution in [1.29, 1.82) is 0 Å². The van der Waals surface area contributed by atoms with Crippen molar-refractivity contribution in [2.24, 2.45) is 0 Å². The van der Waals surface area contributed by atoms with Gasteiger partial charge in [0.25, 0.3) is 5.91 Å².